The van der Waals surface area contributed by atoms with Crippen LogP contribution in [0, 0.1) is 0 Å². The quantitative estimate of drug-likeness (QED) is 0.563. The summed E-state index contributed by atoms with van der Waals surface area (Å²) < 4.78 is 4.86. The summed E-state index contributed by atoms with van der Waals surface area (Å²) in [5.74, 6) is -0.590. The van der Waals surface area contributed by atoms with Gasteiger partial charge < -0.3 is 9.64 Å². The van der Waals surface area contributed by atoms with Gasteiger partial charge in [-0.15, -0.1) is 0 Å². The van der Waals surface area contributed by atoms with Crippen molar-refractivity contribution in [2.75, 3.05) is 19.7 Å². The van der Waals surface area contributed by atoms with Crippen LogP contribution in [-0.2, 0) is 14.3 Å². The second-order valence-electron chi connectivity index (χ2n) is 4.18. The standard InChI is InChI=1S/C15H20N2O3/c1-3-10-17(12-15(19)20-4-2)14(18)8-7-13-6-5-9-16-11-13/h5-9,11H,3-4,10,12H2,1-2H3/b8-7+. The number of ether oxygens (including phenoxy) is 1. The minimum Gasteiger partial charge on any atom is -0.465 e. The molecule has 0 radical (unpaired) electrons. The molecule has 0 spiro atoms. The molecular formula is C15H20N2O3. The fourth-order valence-electron chi connectivity index (χ4n) is 1.65. The smallest absolute Gasteiger partial charge is 0.325 e. The Balaban J connectivity index is 2.64. The molecule has 1 heterocycles. The second-order valence-corrected chi connectivity index (χ2v) is 4.18. The molecule has 0 atom stereocenters. The summed E-state index contributed by atoms with van der Waals surface area (Å²) in [6, 6.07) is 3.65. The minimum atomic E-state index is -0.385. The van der Waals surface area contributed by atoms with E-state index in [0.29, 0.717) is 13.2 Å². The lowest BCUT2D eigenvalue weighted by Gasteiger charge is -2.19. The summed E-state index contributed by atoms with van der Waals surface area (Å²) in [6.45, 7) is 4.52. The number of aromatic nitrogens is 1. The molecule has 0 saturated carbocycles. The van der Waals surface area contributed by atoms with Crippen molar-refractivity contribution in [3.63, 3.8) is 0 Å². The molecule has 0 aliphatic carbocycles. The van der Waals surface area contributed by atoms with E-state index in [1.54, 1.807) is 31.5 Å². The van der Waals surface area contributed by atoms with Crippen LogP contribution in [0.4, 0.5) is 0 Å². The molecule has 1 aromatic heterocycles. The van der Waals surface area contributed by atoms with E-state index < -0.39 is 0 Å². The van der Waals surface area contributed by atoms with Crippen LogP contribution < -0.4 is 0 Å². The molecule has 0 fully saturated rings. The van der Waals surface area contributed by atoms with E-state index in [0.717, 1.165) is 12.0 Å². The Bertz CT molecular complexity index is 457. The zero-order valence-electron chi connectivity index (χ0n) is 11.9. The first kappa shape index (κ1) is 15.9. The summed E-state index contributed by atoms with van der Waals surface area (Å²) in [4.78, 5) is 29.0. The van der Waals surface area contributed by atoms with Crippen LogP contribution >= 0.6 is 0 Å². The summed E-state index contributed by atoms with van der Waals surface area (Å²) in [5.41, 5.74) is 0.841. The molecule has 0 unspecified atom stereocenters. The number of carbonyl (C=O) groups is 2. The SMILES string of the molecule is CCCN(CC(=O)OCC)C(=O)/C=C/c1cccnc1. The zero-order valence-corrected chi connectivity index (χ0v) is 11.9. The highest BCUT2D eigenvalue weighted by molar-refractivity contribution is 5.93. The summed E-state index contributed by atoms with van der Waals surface area (Å²) in [7, 11) is 0. The Morgan fingerprint density at radius 1 is 1.40 bits per heavy atom. The molecule has 0 saturated heterocycles. The van der Waals surface area contributed by atoms with Gasteiger partial charge in [0, 0.05) is 25.0 Å². The monoisotopic (exact) mass is 276 g/mol. The van der Waals surface area contributed by atoms with E-state index in [1.807, 2.05) is 13.0 Å². The molecule has 0 aromatic carbocycles. The molecule has 1 amide bonds. The zero-order chi connectivity index (χ0) is 14.8. The van der Waals surface area contributed by atoms with Crippen molar-refractivity contribution in [3.8, 4) is 0 Å². The fourth-order valence-corrected chi connectivity index (χ4v) is 1.65. The van der Waals surface area contributed by atoms with Gasteiger partial charge in [-0.1, -0.05) is 13.0 Å². The highest BCUT2D eigenvalue weighted by Crippen LogP contribution is 2.01. The summed E-state index contributed by atoms with van der Waals surface area (Å²) in [5, 5.41) is 0. The first-order chi connectivity index (χ1) is 9.67. The van der Waals surface area contributed by atoms with Crippen molar-refractivity contribution >= 4 is 18.0 Å². The Morgan fingerprint density at radius 3 is 2.80 bits per heavy atom. The van der Waals surface area contributed by atoms with Gasteiger partial charge in [-0.3, -0.25) is 14.6 Å². The van der Waals surface area contributed by atoms with Crippen molar-refractivity contribution in [2.24, 2.45) is 0 Å². The topological polar surface area (TPSA) is 59.5 Å². The van der Waals surface area contributed by atoms with Crippen LogP contribution in [0.15, 0.2) is 30.6 Å². The van der Waals surface area contributed by atoms with E-state index >= 15 is 0 Å². The van der Waals surface area contributed by atoms with Gasteiger partial charge in [-0.2, -0.15) is 0 Å². The van der Waals surface area contributed by atoms with Gasteiger partial charge in [-0.05, 0) is 31.1 Å². The number of carbonyl (C=O) groups excluding carboxylic acids is 2. The van der Waals surface area contributed by atoms with Gasteiger partial charge in [0.15, 0.2) is 0 Å². The third-order valence-corrected chi connectivity index (χ3v) is 2.53. The number of nitrogens with zero attached hydrogens (tertiary/aromatic N) is 2. The predicted octanol–water partition coefficient (Wildman–Crippen LogP) is 1.90. The van der Waals surface area contributed by atoms with Crippen molar-refractivity contribution in [1.29, 1.82) is 0 Å². The highest BCUT2D eigenvalue weighted by Gasteiger charge is 2.14. The van der Waals surface area contributed by atoms with E-state index in [2.05, 4.69) is 4.98 Å². The van der Waals surface area contributed by atoms with Crippen LogP contribution in [-0.4, -0.2) is 41.5 Å². The Morgan fingerprint density at radius 2 is 2.20 bits per heavy atom. The number of hydrogen-bond donors (Lipinski definition) is 0. The Hall–Kier alpha value is -2.17. The molecule has 0 bridgehead atoms. The van der Waals surface area contributed by atoms with Gasteiger partial charge in [0.1, 0.15) is 6.54 Å². The molecule has 5 nitrogen and oxygen atoms in total. The lowest BCUT2D eigenvalue weighted by molar-refractivity contribution is -0.147. The molecule has 20 heavy (non-hydrogen) atoms. The number of amides is 1. The predicted molar refractivity (Wildman–Crippen MR) is 76.8 cm³/mol. The van der Waals surface area contributed by atoms with Crippen molar-refractivity contribution in [3.05, 3.63) is 36.2 Å². The molecule has 0 N–H and O–H groups in total. The lowest BCUT2D eigenvalue weighted by atomic mass is 10.2. The third kappa shape index (κ3) is 5.65. The largest absolute Gasteiger partial charge is 0.465 e. The average molecular weight is 276 g/mol. The first-order valence-electron chi connectivity index (χ1n) is 6.70. The van der Waals surface area contributed by atoms with Gasteiger partial charge in [-0.25, -0.2) is 0 Å². The highest BCUT2D eigenvalue weighted by atomic mass is 16.5. The maximum Gasteiger partial charge on any atom is 0.325 e. The minimum absolute atomic E-state index is 0.0160. The molecule has 108 valence electrons. The normalized spacial score (nSPS) is 10.5. The van der Waals surface area contributed by atoms with Crippen LogP contribution in [0.25, 0.3) is 6.08 Å². The molecule has 1 aromatic rings. The van der Waals surface area contributed by atoms with Crippen LogP contribution in [0.5, 0.6) is 0 Å². The number of esters is 1. The van der Waals surface area contributed by atoms with E-state index in [4.69, 9.17) is 4.74 Å². The molecule has 0 aliphatic rings. The second kappa shape index (κ2) is 8.85. The van der Waals surface area contributed by atoms with Gasteiger partial charge in [0.2, 0.25) is 5.91 Å². The lowest BCUT2D eigenvalue weighted by Crippen LogP contribution is -2.36. The maximum atomic E-state index is 12.1. The average Bonchev–Trinajstić information content (AvgIpc) is 2.45. The first-order valence-corrected chi connectivity index (χ1v) is 6.70. The fraction of sp³-hybridized carbons (Fsp3) is 0.400. The van der Waals surface area contributed by atoms with Gasteiger partial charge >= 0.3 is 5.97 Å². The molecule has 5 heteroatoms. The van der Waals surface area contributed by atoms with Crippen molar-refractivity contribution < 1.29 is 14.3 Å². The Labute approximate surface area is 119 Å². The number of hydrogen-bond acceptors (Lipinski definition) is 4. The van der Waals surface area contributed by atoms with Gasteiger partial charge in [0.25, 0.3) is 0 Å². The number of rotatable bonds is 7. The Kier molecular flexibility index (Phi) is 7.03. The van der Waals surface area contributed by atoms with Gasteiger partial charge in [0.05, 0.1) is 6.61 Å². The number of pyridine rings is 1. The van der Waals surface area contributed by atoms with Crippen molar-refractivity contribution in [1.82, 2.24) is 9.88 Å². The third-order valence-electron chi connectivity index (χ3n) is 2.53. The molecule has 1 rings (SSSR count). The van der Waals surface area contributed by atoms with Crippen LogP contribution in [0.1, 0.15) is 25.8 Å². The van der Waals surface area contributed by atoms with E-state index in [1.165, 1.54) is 11.0 Å². The molecular weight excluding hydrogens is 256 g/mol. The summed E-state index contributed by atoms with van der Waals surface area (Å²) in [6.07, 6.45) is 7.25. The summed E-state index contributed by atoms with van der Waals surface area (Å²) >= 11 is 0. The van der Waals surface area contributed by atoms with E-state index in [9.17, 15) is 9.59 Å². The van der Waals surface area contributed by atoms with Crippen molar-refractivity contribution in [2.45, 2.75) is 20.3 Å². The van der Waals surface area contributed by atoms with Crippen LogP contribution in [0.3, 0.4) is 0 Å². The van der Waals surface area contributed by atoms with E-state index in [-0.39, 0.29) is 18.4 Å². The molecule has 0 aliphatic heterocycles. The maximum absolute atomic E-state index is 12.1. The van der Waals surface area contributed by atoms with Crippen LogP contribution in [0.2, 0.25) is 0 Å².